The fourth-order valence-electron chi connectivity index (χ4n) is 1.93. The second kappa shape index (κ2) is 7.74. The normalized spacial score (nSPS) is 14.1. The molecule has 0 amide bonds. The average Bonchev–Trinajstić information content (AvgIpc) is 2.80. The summed E-state index contributed by atoms with van der Waals surface area (Å²) in [6.45, 7) is 5.97. The molecule has 0 aromatic carbocycles. The van der Waals surface area contributed by atoms with Gasteiger partial charge in [0, 0.05) is 12.7 Å². The molecule has 0 aliphatic rings. The van der Waals surface area contributed by atoms with Crippen molar-refractivity contribution in [3.05, 3.63) is 16.0 Å². The van der Waals surface area contributed by atoms with Crippen molar-refractivity contribution in [3.63, 3.8) is 0 Å². The molecular formula is C13H21IN4. The molecule has 0 aliphatic heterocycles. The van der Waals surface area contributed by atoms with Crippen LogP contribution in [0.25, 0.3) is 0 Å². The first-order chi connectivity index (χ1) is 8.65. The predicted octanol–water partition coefficient (Wildman–Crippen LogP) is 2.94. The van der Waals surface area contributed by atoms with E-state index in [2.05, 4.69) is 52.9 Å². The summed E-state index contributed by atoms with van der Waals surface area (Å²) >= 11 is 2.25. The van der Waals surface area contributed by atoms with Crippen LogP contribution in [0.4, 0.5) is 0 Å². The lowest BCUT2D eigenvalue weighted by Gasteiger charge is -2.26. The number of halogens is 1. The highest BCUT2D eigenvalue weighted by Gasteiger charge is 2.26. The van der Waals surface area contributed by atoms with Crippen LogP contribution < -0.4 is 5.32 Å². The molecule has 1 rings (SSSR count). The fourth-order valence-corrected chi connectivity index (χ4v) is 2.38. The zero-order chi connectivity index (χ0) is 13.4. The Morgan fingerprint density at radius 2 is 2.33 bits per heavy atom. The molecular weight excluding hydrogens is 339 g/mol. The molecule has 0 bridgehead atoms. The third kappa shape index (κ3) is 4.58. The Bertz CT molecular complexity index is 396. The zero-order valence-corrected chi connectivity index (χ0v) is 13.3. The van der Waals surface area contributed by atoms with E-state index in [1.54, 1.807) is 0 Å². The summed E-state index contributed by atoms with van der Waals surface area (Å²) in [4.78, 5) is 0. The van der Waals surface area contributed by atoms with Crippen molar-refractivity contribution in [2.45, 2.75) is 51.6 Å². The fraction of sp³-hybridized carbons (Fsp3) is 0.692. The van der Waals surface area contributed by atoms with Crippen molar-refractivity contribution in [1.29, 1.82) is 5.26 Å². The van der Waals surface area contributed by atoms with Gasteiger partial charge in [0.1, 0.15) is 5.54 Å². The summed E-state index contributed by atoms with van der Waals surface area (Å²) in [5.41, 5.74) is -0.365. The molecule has 0 fully saturated rings. The minimum atomic E-state index is -0.365. The molecule has 1 atom stereocenters. The molecule has 0 radical (unpaired) electrons. The first-order valence-corrected chi connectivity index (χ1v) is 7.58. The number of rotatable bonds is 8. The molecule has 4 nitrogen and oxygen atoms in total. The van der Waals surface area contributed by atoms with Crippen LogP contribution in [-0.2, 0) is 6.54 Å². The number of aryl methyl sites for hydroxylation is 1. The van der Waals surface area contributed by atoms with E-state index in [0.717, 1.165) is 42.3 Å². The third-order valence-corrected chi connectivity index (χ3v) is 3.68. The maximum Gasteiger partial charge on any atom is 0.106 e. The number of hydrogen-bond acceptors (Lipinski definition) is 3. The van der Waals surface area contributed by atoms with Crippen LogP contribution in [0, 0.1) is 14.9 Å². The summed E-state index contributed by atoms with van der Waals surface area (Å²) in [5.74, 6) is 0. The Labute approximate surface area is 123 Å². The van der Waals surface area contributed by atoms with Gasteiger partial charge >= 0.3 is 0 Å². The Morgan fingerprint density at radius 1 is 1.56 bits per heavy atom. The minimum Gasteiger partial charge on any atom is -0.299 e. The van der Waals surface area contributed by atoms with E-state index in [1.165, 1.54) is 0 Å². The first kappa shape index (κ1) is 15.4. The van der Waals surface area contributed by atoms with E-state index < -0.39 is 0 Å². The minimum absolute atomic E-state index is 0.365. The Balaban J connectivity index is 2.45. The zero-order valence-electron chi connectivity index (χ0n) is 11.1. The van der Waals surface area contributed by atoms with Gasteiger partial charge in [0.25, 0.3) is 0 Å². The van der Waals surface area contributed by atoms with E-state index in [0.29, 0.717) is 0 Å². The number of hydrogen-bond donors (Lipinski definition) is 1. The van der Waals surface area contributed by atoms with Crippen molar-refractivity contribution in [2.24, 2.45) is 0 Å². The first-order valence-electron chi connectivity index (χ1n) is 6.50. The van der Waals surface area contributed by atoms with Crippen LogP contribution in [0.15, 0.2) is 12.4 Å². The third-order valence-electron chi connectivity index (χ3n) is 3.12. The molecule has 0 saturated carbocycles. The molecule has 5 heteroatoms. The highest BCUT2D eigenvalue weighted by atomic mass is 127. The number of aromatic nitrogens is 2. The van der Waals surface area contributed by atoms with E-state index in [1.807, 2.05) is 17.1 Å². The maximum atomic E-state index is 9.37. The van der Waals surface area contributed by atoms with E-state index in [9.17, 15) is 5.26 Å². The lowest BCUT2D eigenvalue weighted by molar-refractivity contribution is 0.352. The molecule has 1 aromatic rings. The highest BCUT2D eigenvalue weighted by molar-refractivity contribution is 14.1. The standard InChI is InChI=1S/C13H21IN4/c1-3-7-16-13(4-2,11-15)6-5-8-18-10-12(14)9-17-18/h9-10,16H,3-8H2,1-2H3. The second-order valence-electron chi connectivity index (χ2n) is 4.50. The summed E-state index contributed by atoms with van der Waals surface area (Å²) < 4.78 is 3.10. The van der Waals surface area contributed by atoms with Crippen molar-refractivity contribution in [1.82, 2.24) is 15.1 Å². The number of nitriles is 1. The van der Waals surface area contributed by atoms with Crippen LogP contribution >= 0.6 is 22.6 Å². The van der Waals surface area contributed by atoms with Gasteiger partial charge < -0.3 is 0 Å². The average molecular weight is 360 g/mol. The molecule has 18 heavy (non-hydrogen) atoms. The monoisotopic (exact) mass is 360 g/mol. The molecule has 0 saturated heterocycles. The van der Waals surface area contributed by atoms with Gasteiger partial charge in [-0.15, -0.1) is 0 Å². The molecule has 0 spiro atoms. The van der Waals surface area contributed by atoms with Gasteiger partial charge in [0.15, 0.2) is 0 Å². The predicted molar refractivity (Wildman–Crippen MR) is 81.1 cm³/mol. The molecule has 0 aliphatic carbocycles. The van der Waals surface area contributed by atoms with Gasteiger partial charge in [0.2, 0.25) is 0 Å². The lowest BCUT2D eigenvalue weighted by Crippen LogP contribution is -2.43. The van der Waals surface area contributed by atoms with Crippen LogP contribution in [0.5, 0.6) is 0 Å². The van der Waals surface area contributed by atoms with Crippen molar-refractivity contribution < 1.29 is 0 Å². The molecule has 1 unspecified atom stereocenters. The Morgan fingerprint density at radius 3 is 2.83 bits per heavy atom. The van der Waals surface area contributed by atoms with Crippen molar-refractivity contribution in [2.75, 3.05) is 6.54 Å². The van der Waals surface area contributed by atoms with Gasteiger partial charge in [-0.1, -0.05) is 13.8 Å². The second-order valence-corrected chi connectivity index (χ2v) is 5.75. The summed E-state index contributed by atoms with van der Waals surface area (Å²) in [7, 11) is 0. The van der Waals surface area contributed by atoms with E-state index in [-0.39, 0.29) is 5.54 Å². The van der Waals surface area contributed by atoms with Crippen molar-refractivity contribution >= 4 is 22.6 Å². The quantitative estimate of drug-likeness (QED) is 0.726. The number of nitrogens with one attached hydrogen (secondary N) is 1. The Kier molecular flexibility index (Phi) is 6.65. The largest absolute Gasteiger partial charge is 0.299 e. The summed E-state index contributed by atoms with van der Waals surface area (Å²) in [5, 5.41) is 17.0. The van der Waals surface area contributed by atoms with E-state index in [4.69, 9.17) is 0 Å². The van der Waals surface area contributed by atoms with Gasteiger partial charge in [-0.2, -0.15) is 10.4 Å². The SMILES string of the molecule is CCCNC(C#N)(CC)CCCn1cc(I)cn1. The van der Waals surface area contributed by atoms with Crippen LogP contribution in [-0.4, -0.2) is 21.9 Å². The van der Waals surface area contributed by atoms with E-state index >= 15 is 0 Å². The van der Waals surface area contributed by atoms with Gasteiger partial charge in [0.05, 0.1) is 15.8 Å². The van der Waals surface area contributed by atoms with Gasteiger partial charge in [-0.3, -0.25) is 10.00 Å². The topological polar surface area (TPSA) is 53.6 Å². The van der Waals surface area contributed by atoms with Crippen LogP contribution in [0.1, 0.15) is 39.5 Å². The summed E-state index contributed by atoms with van der Waals surface area (Å²) in [6.07, 6.45) is 7.63. The molecule has 1 aromatic heterocycles. The van der Waals surface area contributed by atoms with Crippen LogP contribution in [0.2, 0.25) is 0 Å². The molecule has 1 heterocycles. The van der Waals surface area contributed by atoms with Crippen molar-refractivity contribution in [3.8, 4) is 6.07 Å². The maximum absolute atomic E-state index is 9.37. The summed E-state index contributed by atoms with van der Waals surface area (Å²) in [6, 6.07) is 2.45. The smallest absolute Gasteiger partial charge is 0.106 e. The number of nitrogens with zero attached hydrogens (tertiary/aromatic N) is 3. The highest BCUT2D eigenvalue weighted by Crippen LogP contribution is 2.17. The van der Waals surface area contributed by atoms with Gasteiger partial charge in [-0.25, -0.2) is 0 Å². The Hall–Kier alpha value is -0.610. The lowest BCUT2D eigenvalue weighted by atomic mass is 9.92. The molecule has 100 valence electrons. The van der Waals surface area contributed by atoms with Crippen LogP contribution in [0.3, 0.4) is 0 Å². The van der Waals surface area contributed by atoms with Gasteiger partial charge in [-0.05, 0) is 54.8 Å². The molecule has 1 N–H and O–H groups in total.